The van der Waals surface area contributed by atoms with Crippen LogP contribution in [0.1, 0.15) is 129 Å². The van der Waals surface area contributed by atoms with Crippen LogP contribution in [0.2, 0.25) is 0 Å². The second-order valence-electron chi connectivity index (χ2n) is 11.2. The number of rotatable bonds is 6. The van der Waals surface area contributed by atoms with Crippen molar-refractivity contribution < 1.29 is 0 Å². The van der Waals surface area contributed by atoms with Crippen LogP contribution in [-0.2, 0) is 0 Å². The highest BCUT2D eigenvalue weighted by molar-refractivity contribution is 5.05. The third kappa shape index (κ3) is 3.65. The fraction of sp³-hybridized carbons (Fsp3) is 1.00. The smallest absolute Gasteiger partial charge is 0.0269 e. The van der Waals surface area contributed by atoms with E-state index in [1.54, 1.807) is 89.9 Å². The molecule has 2 bridgehead atoms. The van der Waals surface area contributed by atoms with E-state index in [-0.39, 0.29) is 0 Å². The zero-order valence-corrected chi connectivity index (χ0v) is 18.0. The van der Waals surface area contributed by atoms with Gasteiger partial charge in [-0.05, 0) is 98.7 Å². The quantitative estimate of drug-likeness (QED) is 0.446. The second kappa shape index (κ2) is 8.16. The SMILES string of the molecule is CCCCC1CCC(C23CCC(C4CCC(CC)CC4)(CC2)CC3)CC1. The van der Waals surface area contributed by atoms with Gasteiger partial charge in [-0.2, -0.15) is 0 Å². The maximum atomic E-state index is 2.41. The van der Waals surface area contributed by atoms with E-state index in [1.807, 2.05) is 0 Å². The van der Waals surface area contributed by atoms with Crippen molar-refractivity contribution in [1.82, 2.24) is 0 Å². The Bertz CT molecular complexity index is 408. The van der Waals surface area contributed by atoms with Crippen molar-refractivity contribution in [1.29, 1.82) is 0 Å². The average Bonchev–Trinajstić information content (AvgIpc) is 2.74. The Balaban J connectivity index is 1.30. The third-order valence-electron chi connectivity index (χ3n) is 10.3. The van der Waals surface area contributed by atoms with Crippen molar-refractivity contribution in [3.05, 3.63) is 0 Å². The summed E-state index contributed by atoms with van der Waals surface area (Å²) >= 11 is 0. The van der Waals surface area contributed by atoms with E-state index in [2.05, 4.69) is 13.8 Å². The summed E-state index contributed by atoms with van der Waals surface area (Å²) in [5.41, 5.74) is 1.61. The molecule has 0 nitrogen and oxygen atoms in total. The van der Waals surface area contributed by atoms with Crippen LogP contribution in [0.3, 0.4) is 0 Å². The van der Waals surface area contributed by atoms with E-state index in [4.69, 9.17) is 0 Å². The molecule has 0 spiro atoms. The maximum Gasteiger partial charge on any atom is -0.0269 e. The van der Waals surface area contributed by atoms with Crippen molar-refractivity contribution >= 4 is 0 Å². The van der Waals surface area contributed by atoms with Gasteiger partial charge in [-0.15, -0.1) is 0 Å². The molecule has 5 saturated carbocycles. The molecule has 0 aromatic rings. The van der Waals surface area contributed by atoms with Crippen LogP contribution in [0.5, 0.6) is 0 Å². The first-order chi connectivity index (χ1) is 12.7. The first-order valence-electron chi connectivity index (χ1n) is 12.7. The highest BCUT2D eigenvalue weighted by atomic mass is 14.6. The van der Waals surface area contributed by atoms with E-state index >= 15 is 0 Å². The van der Waals surface area contributed by atoms with Crippen molar-refractivity contribution in [3.8, 4) is 0 Å². The maximum absolute atomic E-state index is 2.41. The van der Waals surface area contributed by atoms with Gasteiger partial charge in [0, 0.05) is 0 Å². The van der Waals surface area contributed by atoms with Crippen LogP contribution >= 0.6 is 0 Å². The minimum Gasteiger partial charge on any atom is -0.0654 e. The molecule has 0 aromatic heterocycles. The van der Waals surface area contributed by atoms with Gasteiger partial charge in [-0.25, -0.2) is 0 Å². The molecule has 150 valence electrons. The van der Waals surface area contributed by atoms with E-state index < -0.39 is 0 Å². The molecule has 0 unspecified atom stereocenters. The first kappa shape index (κ1) is 19.3. The minimum absolute atomic E-state index is 0.804. The summed E-state index contributed by atoms with van der Waals surface area (Å²) in [5.74, 6) is 4.36. The predicted molar refractivity (Wildman–Crippen MR) is 113 cm³/mol. The molecule has 0 aromatic carbocycles. The molecule has 5 fully saturated rings. The van der Waals surface area contributed by atoms with Crippen molar-refractivity contribution in [2.75, 3.05) is 0 Å². The molecule has 0 aliphatic heterocycles. The van der Waals surface area contributed by atoms with Crippen LogP contribution < -0.4 is 0 Å². The van der Waals surface area contributed by atoms with E-state index in [1.165, 1.54) is 25.7 Å². The number of fused-ring (bicyclic) bond motifs is 3. The Morgan fingerprint density at radius 1 is 0.577 bits per heavy atom. The van der Waals surface area contributed by atoms with Crippen LogP contribution in [0, 0.1) is 34.5 Å². The topological polar surface area (TPSA) is 0 Å². The minimum atomic E-state index is 0.804. The molecule has 0 radical (unpaired) electrons. The van der Waals surface area contributed by atoms with Crippen LogP contribution in [0.25, 0.3) is 0 Å². The number of hydrogen-bond donors (Lipinski definition) is 0. The van der Waals surface area contributed by atoms with Gasteiger partial charge in [0.1, 0.15) is 0 Å². The summed E-state index contributed by atoms with van der Waals surface area (Å²) in [6.45, 7) is 4.77. The lowest BCUT2D eigenvalue weighted by Gasteiger charge is -2.60. The first-order valence-corrected chi connectivity index (χ1v) is 12.7. The lowest BCUT2D eigenvalue weighted by molar-refractivity contribution is -0.0958. The predicted octanol–water partition coefficient (Wildman–Crippen LogP) is 8.54. The summed E-state index contributed by atoms with van der Waals surface area (Å²) in [4.78, 5) is 0. The van der Waals surface area contributed by atoms with Gasteiger partial charge >= 0.3 is 0 Å². The van der Waals surface area contributed by atoms with Gasteiger partial charge in [-0.1, -0.05) is 65.2 Å². The Labute approximate surface area is 164 Å². The lowest BCUT2D eigenvalue weighted by atomic mass is 9.45. The number of unbranched alkanes of at least 4 members (excludes halogenated alkanes) is 1. The van der Waals surface area contributed by atoms with E-state index in [0.29, 0.717) is 0 Å². The molecule has 0 heteroatoms. The van der Waals surface area contributed by atoms with Gasteiger partial charge in [0.25, 0.3) is 0 Å². The lowest BCUT2D eigenvalue weighted by Crippen LogP contribution is -2.49. The van der Waals surface area contributed by atoms with Gasteiger partial charge in [-0.3, -0.25) is 0 Å². The third-order valence-corrected chi connectivity index (χ3v) is 10.3. The van der Waals surface area contributed by atoms with E-state index in [0.717, 1.165) is 34.5 Å². The summed E-state index contributed by atoms with van der Waals surface area (Å²) < 4.78 is 0. The van der Waals surface area contributed by atoms with Crippen molar-refractivity contribution in [2.24, 2.45) is 34.5 Å². The Hall–Kier alpha value is 0. The van der Waals surface area contributed by atoms with Crippen molar-refractivity contribution in [3.63, 3.8) is 0 Å². The van der Waals surface area contributed by atoms with Crippen LogP contribution in [0.4, 0.5) is 0 Å². The standard InChI is InChI=1S/C26H46/c1-3-5-6-22-9-13-24(14-10-22)26-18-15-25(16-19-26,17-20-26)23-11-7-21(4-2)8-12-23/h21-24H,3-20H2,1-2H3. The fourth-order valence-electron chi connectivity index (χ4n) is 8.21. The summed E-state index contributed by atoms with van der Waals surface area (Å²) in [6, 6.07) is 0. The normalized spacial score (nSPS) is 46.4. The molecule has 0 heterocycles. The summed E-state index contributed by atoms with van der Waals surface area (Å²) in [7, 11) is 0. The zero-order chi connectivity index (χ0) is 18.0. The van der Waals surface area contributed by atoms with Gasteiger partial charge in [0.15, 0.2) is 0 Å². The molecule has 0 N–H and O–H groups in total. The Morgan fingerprint density at radius 3 is 1.38 bits per heavy atom. The Kier molecular flexibility index (Phi) is 6.07. The summed E-state index contributed by atoms with van der Waals surface area (Å²) in [6.07, 6.45) is 28.1. The Morgan fingerprint density at radius 2 is 1.00 bits per heavy atom. The molecule has 0 atom stereocenters. The highest BCUT2D eigenvalue weighted by Crippen LogP contribution is 2.66. The average molecular weight is 359 g/mol. The van der Waals surface area contributed by atoms with Crippen molar-refractivity contribution in [2.45, 2.75) is 129 Å². The molecule has 26 heavy (non-hydrogen) atoms. The van der Waals surface area contributed by atoms with Crippen LogP contribution in [-0.4, -0.2) is 0 Å². The molecule has 0 saturated heterocycles. The molecule has 5 rings (SSSR count). The molecular weight excluding hydrogens is 312 g/mol. The van der Waals surface area contributed by atoms with Gasteiger partial charge < -0.3 is 0 Å². The molecular formula is C26H46. The van der Waals surface area contributed by atoms with E-state index in [9.17, 15) is 0 Å². The zero-order valence-electron chi connectivity index (χ0n) is 18.0. The monoisotopic (exact) mass is 358 g/mol. The van der Waals surface area contributed by atoms with Gasteiger partial charge in [0.2, 0.25) is 0 Å². The van der Waals surface area contributed by atoms with Crippen LogP contribution in [0.15, 0.2) is 0 Å². The summed E-state index contributed by atoms with van der Waals surface area (Å²) in [5, 5.41) is 0. The fourth-order valence-corrected chi connectivity index (χ4v) is 8.21. The largest absolute Gasteiger partial charge is 0.0654 e. The molecule has 5 aliphatic rings. The highest BCUT2D eigenvalue weighted by Gasteiger charge is 2.54. The number of hydrogen-bond acceptors (Lipinski definition) is 0. The molecule has 5 aliphatic carbocycles. The van der Waals surface area contributed by atoms with Gasteiger partial charge in [0.05, 0.1) is 0 Å². The molecule has 0 amide bonds. The second-order valence-corrected chi connectivity index (χ2v) is 11.2.